The van der Waals surface area contributed by atoms with Crippen LogP contribution in [-0.2, 0) is 4.79 Å². The summed E-state index contributed by atoms with van der Waals surface area (Å²) in [4.78, 5) is 18.4. The summed E-state index contributed by atoms with van der Waals surface area (Å²) in [6.45, 7) is 4.76. The zero-order valence-corrected chi connectivity index (χ0v) is 17.2. The average molecular weight is 440 g/mol. The maximum absolute atomic E-state index is 12.6. The standard InChI is InChI=1S/C19H20BrClN2O3/c1-4-23(17-8-7-14(20)12-22-17)18(24)9-6-13-10-15(21)19(25-3)16(11-13)26-5-2/h6-12H,4-5H2,1-3H3/b9-6+. The maximum atomic E-state index is 12.6. The third-order valence-corrected chi connectivity index (χ3v) is 4.27. The quantitative estimate of drug-likeness (QED) is 0.572. The van der Waals surface area contributed by atoms with Crippen LogP contribution >= 0.6 is 27.5 Å². The number of nitrogens with zero attached hydrogens (tertiary/aromatic N) is 2. The second-order valence-electron chi connectivity index (χ2n) is 5.22. The van der Waals surface area contributed by atoms with Gasteiger partial charge in [0.1, 0.15) is 5.82 Å². The number of halogens is 2. The van der Waals surface area contributed by atoms with Gasteiger partial charge in [0.25, 0.3) is 5.91 Å². The minimum Gasteiger partial charge on any atom is -0.491 e. The topological polar surface area (TPSA) is 51.7 Å². The van der Waals surface area contributed by atoms with Crippen molar-refractivity contribution in [2.75, 3.05) is 25.2 Å². The minimum absolute atomic E-state index is 0.174. The van der Waals surface area contributed by atoms with E-state index in [1.54, 1.807) is 35.4 Å². The van der Waals surface area contributed by atoms with Crippen molar-refractivity contribution in [3.05, 3.63) is 51.6 Å². The first-order valence-electron chi connectivity index (χ1n) is 8.11. The first-order valence-corrected chi connectivity index (χ1v) is 9.28. The molecule has 0 bridgehead atoms. The zero-order chi connectivity index (χ0) is 19.1. The second-order valence-corrected chi connectivity index (χ2v) is 6.54. The fraction of sp³-hybridized carbons (Fsp3) is 0.263. The fourth-order valence-electron chi connectivity index (χ4n) is 2.36. The number of benzene rings is 1. The summed E-state index contributed by atoms with van der Waals surface area (Å²) in [7, 11) is 1.53. The number of amides is 1. The van der Waals surface area contributed by atoms with Crippen LogP contribution in [0.25, 0.3) is 6.08 Å². The van der Waals surface area contributed by atoms with Crippen molar-refractivity contribution in [2.45, 2.75) is 13.8 Å². The van der Waals surface area contributed by atoms with E-state index in [9.17, 15) is 4.79 Å². The third-order valence-electron chi connectivity index (χ3n) is 3.52. The zero-order valence-electron chi connectivity index (χ0n) is 14.8. The molecule has 2 rings (SSSR count). The lowest BCUT2D eigenvalue weighted by Crippen LogP contribution is -2.29. The van der Waals surface area contributed by atoms with Crippen molar-refractivity contribution in [2.24, 2.45) is 0 Å². The molecule has 1 heterocycles. The van der Waals surface area contributed by atoms with Crippen molar-refractivity contribution in [3.63, 3.8) is 0 Å². The Morgan fingerprint density at radius 1 is 1.35 bits per heavy atom. The Kier molecular flexibility index (Phi) is 7.48. The molecule has 0 aliphatic rings. The molecule has 1 amide bonds. The van der Waals surface area contributed by atoms with Crippen LogP contribution < -0.4 is 14.4 Å². The van der Waals surface area contributed by atoms with E-state index in [1.807, 2.05) is 19.9 Å². The molecule has 26 heavy (non-hydrogen) atoms. The number of rotatable bonds is 7. The van der Waals surface area contributed by atoms with Crippen LogP contribution in [0.1, 0.15) is 19.4 Å². The predicted molar refractivity (Wildman–Crippen MR) is 108 cm³/mol. The van der Waals surface area contributed by atoms with Crippen LogP contribution in [0, 0.1) is 0 Å². The van der Waals surface area contributed by atoms with Gasteiger partial charge in [0.15, 0.2) is 11.5 Å². The molecule has 2 aromatic rings. The SMILES string of the molecule is CCOc1cc(/C=C/C(=O)N(CC)c2ccc(Br)cn2)cc(Cl)c1OC. The van der Waals surface area contributed by atoms with Gasteiger partial charge in [-0.2, -0.15) is 0 Å². The van der Waals surface area contributed by atoms with Gasteiger partial charge >= 0.3 is 0 Å². The summed E-state index contributed by atoms with van der Waals surface area (Å²) in [5.74, 6) is 1.43. The number of ether oxygens (including phenoxy) is 2. The molecule has 0 N–H and O–H groups in total. The van der Waals surface area contributed by atoms with Gasteiger partial charge in [-0.05, 0) is 65.7 Å². The molecular formula is C19H20BrClN2O3. The number of methoxy groups -OCH3 is 1. The van der Waals surface area contributed by atoms with Gasteiger partial charge < -0.3 is 9.47 Å². The Morgan fingerprint density at radius 2 is 2.12 bits per heavy atom. The summed E-state index contributed by atoms with van der Waals surface area (Å²) in [5.41, 5.74) is 0.743. The Labute approximate surface area is 166 Å². The lowest BCUT2D eigenvalue weighted by atomic mass is 10.2. The van der Waals surface area contributed by atoms with E-state index < -0.39 is 0 Å². The average Bonchev–Trinajstić information content (AvgIpc) is 2.62. The van der Waals surface area contributed by atoms with Crippen molar-refractivity contribution in [1.82, 2.24) is 4.98 Å². The Morgan fingerprint density at radius 3 is 2.69 bits per heavy atom. The molecule has 5 nitrogen and oxygen atoms in total. The highest BCUT2D eigenvalue weighted by molar-refractivity contribution is 9.10. The molecule has 0 saturated carbocycles. The Bertz CT molecular complexity index is 794. The second kappa shape index (κ2) is 9.59. The molecule has 0 radical (unpaired) electrons. The van der Waals surface area contributed by atoms with Crippen molar-refractivity contribution in [1.29, 1.82) is 0 Å². The number of hydrogen-bond donors (Lipinski definition) is 0. The van der Waals surface area contributed by atoms with Crippen molar-refractivity contribution >= 4 is 45.3 Å². The van der Waals surface area contributed by atoms with Gasteiger partial charge in [0.2, 0.25) is 0 Å². The van der Waals surface area contributed by atoms with E-state index in [-0.39, 0.29) is 5.91 Å². The monoisotopic (exact) mass is 438 g/mol. The molecule has 1 aromatic carbocycles. The van der Waals surface area contributed by atoms with Gasteiger partial charge in [-0.15, -0.1) is 0 Å². The van der Waals surface area contributed by atoms with Crippen LogP contribution in [0.15, 0.2) is 41.0 Å². The van der Waals surface area contributed by atoms with E-state index in [0.717, 1.165) is 10.0 Å². The molecule has 0 unspecified atom stereocenters. The van der Waals surface area contributed by atoms with Gasteiger partial charge in [-0.25, -0.2) is 4.98 Å². The molecule has 0 aliphatic heterocycles. The molecule has 7 heteroatoms. The highest BCUT2D eigenvalue weighted by Crippen LogP contribution is 2.36. The number of carbonyl (C=O) groups is 1. The summed E-state index contributed by atoms with van der Waals surface area (Å²) in [5, 5.41) is 0.424. The van der Waals surface area contributed by atoms with Crippen molar-refractivity contribution < 1.29 is 14.3 Å². The molecule has 1 aromatic heterocycles. The van der Waals surface area contributed by atoms with Crippen LogP contribution in [0.3, 0.4) is 0 Å². The van der Waals surface area contributed by atoms with E-state index >= 15 is 0 Å². The van der Waals surface area contributed by atoms with E-state index in [4.69, 9.17) is 21.1 Å². The van der Waals surface area contributed by atoms with Gasteiger partial charge in [0, 0.05) is 23.3 Å². The van der Waals surface area contributed by atoms with Crippen LogP contribution in [0.2, 0.25) is 5.02 Å². The summed E-state index contributed by atoms with van der Waals surface area (Å²) in [6, 6.07) is 7.14. The maximum Gasteiger partial charge on any atom is 0.252 e. The first kappa shape index (κ1) is 20.3. The first-order chi connectivity index (χ1) is 12.5. The number of likely N-dealkylation sites (N-methyl/N-ethyl adjacent to an activating group) is 1. The molecular weight excluding hydrogens is 420 g/mol. The summed E-state index contributed by atoms with van der Waals surface area (Å²) in [6.07, 6.45) is 4.84. The summed E-state index contributed by atoms with van der Waals surface area (Å²) < 4.78 is 11.7. The molecule has 0 spiro atoms. The van der Waals surface area contributed by atoms with Crippen molar-refractivity contribution in [3.8, 4) is 11.5 Å². The summed E-state index contributed by atoms with van der Waals surface area (Å²) >= 11 is 9.58. The van der Waals surface area contributed by atoms with E-state index in [0.29, 0.717) is 35.5 Å². The number of aromatic nitrogens is 1. The number of pyridine rings is 1. The Balaban J connectivity index is 2.24. The van der Waals surface area contributed by atoms with Gasteiger partial charge in [-0.3, -0.25) is 9.69 Å². The number of carbonyl (C=O) groups excluding carboxylic acids is 1. The Hall–Kier alpha value is -2.05. The minimum atomic E-state index is -0.174. The molecule has 0 aliphatic carbocycles. The van der Waals surface area contributed by atoms with Crippen LogP contribution in [0.5, 0.6) is 11.5 Å². The lowest BCUT2D eigenvalue weighted by Gasteiger charge is -2.18. The van der Waals surface area contributed by atoms with Gasteiger partial charge in [-0.1, -0.05) is 11.6 Å². The highest BCUT2D eigenvalue weighted by Gasteiger charge is 2.13. The molecule has 0 saturated heterocycles. The van der Waals surface area contributed by atoms with Gasteiger partial charge in [0.05, 0.1) is 18.7 Å². The number of hydrogen-bond acceptors (Lipinski definition) is 4. The molecule has 0 atom stereocenters. The highest BCUT2D eigenvalue weighted by atomic mass is 79.9. The molecule has 138 valence electrons. The smallest absolute Gasteiger partial charge is 0.252 e. The van der Waals surface area contributed by atoms with Crippen LogP contribution in [-0.4, -0.2) is 31.2 Å². The largest absolute Gasteiger partial charge is 0.491 e. The van der Waals surface area contributed by atoms with Crippen LogP contribution in [0.4, 0.5) is 5.82 Å². The number of anilines is 1. The fourth-order valence-corrected chi connectivity index (χ4v) is 2.89. The third kappa shape index (κ3) is 4.99. The predicted octanol–water partition coefficient (Wildman–Crippen LogP) is 4.97. The van der Waals surface area contributed by atoms with E-state index in [1.165, 1.54) is 13.2 Å². The van der Waals surface area contributed by atoms with E-state index in [2.05, 4.69) is 20.9 Å². The molecule has 0 fully saturated rings. The lowest BCUT2D eigenvalue weighted by molar-refractivity contribution is -0.114. The normalized spacial score (nSPS) is 10.8.